The largest absolute Gasteiger partial charge is 0.274 e. The van der Waals surface area contributed by atoms with Gasteiger partial charge in [-0.05, 0) is 29.7 Å². The van der Waals surface area contributed by atoms with Crippen LogP contribution in [0.25, 0.3) is 11.1 Å². The Balaban J connectivity index is 1.97. The highest BCUT2D eigenvalue weighted by atomic mass is 16.2. The second kappa shape index (κ2) is 5.52. The van der Waals surface area contributed by atoms with E-state index >= 15 is 0 Å². The Morgan fingerprint density at radius 2 is 1.57 bits per heavy atom. The minimum absolute atomic E-state index is 0.164. The molecule has 0 saturated carbocycles. The third-order valence-electron chi connectivity index (χ3n) is 3.81. The Bertz CT molecular complexity index is 692. The van der Waals surface area contributed by atoms with Gasteiger partial charge in [-0.1, -0.05) is 49.7 Å². The molecule has 1 aliphatic heterocycles. The summed E-state index contributed by atoms with van der Waals surface area (Å²) in [6.45, 7) is 2.55. The highest BCUT2D eigenvalue weighted by Gasteiger charge is 2.34. The first kappa shape index (κ1) is 13.6. The van der Waals surface area contributed by atoms with Gasteiger partial charge < -0.3 is 0 Å². The Kier molecular flexibility index (Phi) is 3.57. The fourth-order valence-corrected chi connectivity index (χ4v) is 2.62. The van der Waals surface area contributed by atoms with Crippen LogP contribution < -0.4 is 0 Å². The molecule has 3 rings (SSSR count). The maximum atomic E-state index is 12.4. The second-order valence-electron chi connectivity index (χ2n) is 5.24. The molecule has 0 fully saturated rings. The van der Waals surface area contributed by atoms with Gasteiger partial charge in [0.2, 0.25) is 0 Å². The van der Waals surface area contributed by atoms with E-state index in [0.29, 0.717) is 17.7 Å². The van der Waals surface area contributed by atoms with Gasteiger partial charge in [-0.2, -0.15) is 0 Å². The first-order valence-electron chi connectivity index (χ1n) is 7.28. The van der Waals surface area contributed by atoms with E-state index < -0.39 is 0 Å². The lowest BCUT2D eigenvalue weighted by molar-refractivity contribution is 0.0652. The van der Waals surface area contributed by atoms with Gasteiger partial charge in [0, 0.05) is 6.54 Å². The number of carbonyl (C=O) groups excluding carboxylic acids is 2. The van der Waals surface area contributed by atoms with E-state index in [1.54, 1.807) is 6.07 Å². The third kappa shape index (κ3) is 2.35. The van der Waals surface area contributed by atoms with Crippen molar-refractivity contribution in [2.45, 2.75) is 19.8 Å². The molecule has 3 heteroatoms. The highest BCUT2D eigenvalue weighted by molar-refractivity contribution is 6.21. The van der Waals surface area contributed by atoms with Gasteiger partial charge in [0.15, 0.2) is 0 Å². The quantitative estimate of drug-likeness (QED) is 0.799. The van der Waals surface area contributed by atoms with Crippen LogP contribution in [-0.2, 0) is 0 Å². The van der Waals surface area contributed by atoms with Crippen LogP contribution in [0.4, 0.5) is 0 Å². The van der Waals surface area contributed by atoms with Gasteiger partial charge in [-0.15, -0.1) is 0 Å². The zero-order chi connectivity index (χ0) is 14.8. The predicted molar refractivity (Wildman–Crippen MR) is 82.2 cm³/mol. The molecule has 1 heterocycles. The summed E-state index contributed by atoms with van der Waals surface area (Å²) < 4.78 is 0. The van der Waals surface area contributed by atoms with Gasteiger partial charge in [0.1, 0.15) is 0 Å². The first-order chi connectivity index (χ1) is 10.2. The summed E-state index contributed by atoms with van der Waals surface area (Å²) >= 11 is 0. The molecule has 2 amide bonds. The number of carbonyl (C=O) groups is 2. The van der Waals surface area contributed by atoms with E-state index in [4.69, 9.17) is 0 Å². The van der Waals surface area contributed by atoms with Crippen LogP contribution in [0, 0.1) is 0 Å². The van der Waals surface area contributed by atoms with Gasteiger partial charge in [0.05, 0.1) is 11.1 Å². The minimum Gasteiger partial charge on any atom is -0.274 e. The lowest BCUT2D eigenvalue weighted by atomic mass is 10.0. The topological polar surface area (TPSA) is 37.4 Å². The fraction of sp³-hybridized carbons (Fsp3) is 0.222. The molecule has 1 aliphatic rings. The second-order valence-corrected chi connectivity index (χ2v) is 5.24. The van der Waals surface area contributed by atoms with Crippen molar-refractivity contribution in [3.8, 4) is 11.1 Å². The van der Waals surface area contributed by atoms with Crippen molar-refractivity contribution in [1.82, 2.24) is 4.90 Å². The summed E-state index contributed by atoms with van der Waals surface area (Å²) in [5.74, 6) is -0.329. The Labute approximate surface area is 124 Å². The van der Waals surface area contributed by atoms with Gasteiger partial charge >= 0.3 is 0 Å². The molecule has 0 aromatic heterocycles. The van der Waals surface area contributed by atoms with Crippen LogP contribution in [0.3, 0.4) is 0 Å². The first-order valence-corrected chi connectivity index (χ1v) is 7.28. The average Bonchev–Trinajstić information content (AvgIpc) is 2.77. The van der Waals surface area contributed by atoms with Gasteiger partial charge in [0.25, 0.3) is 11.8 Å². The number of hydrogen-bond acceptors (Lipinski definition) is 2. The van der Waals surface area contributed by atoms with Crippen LogP contribution >= 0.6 is 0 Å². The summed E-state index contributed by atoms with van der Waals surface area (Å²) in [6, 6.07) is 15.4. The summed E-state index contributed by atoms with van der Waals surface area (Å²) in [5.41, 5.74) is 3.06. The minimum atomic E-state index is -0.166. The third-order valence-corrected chi connectivity index (χ3v) is 3.81. The number of rotatable bonds is 4. The van der Waals surface area contributed by atoms with Crippen molar-refractivity contribution in [3.63, 3.8) is 0 Å². The maximum absolute atomic E-state index is 12.4. The average molecular weight is 279 g/mol. The molecule has 21 heavy (non-hydrogen) atoms. The van der Waals surface area contributed by atoms with Crippen molar-refractivity contribution in [2.24, 2.45) is 0 Å². The number of benzene rings is 2. The molecule has 2 aromatic rings. The fourth-order valence-electron chi connectivity index (χ4n) is 2.62. The Morgan fingerprint density at radius 1 is 0.857 bits per heavy atom. The lowest BCUT2D eigenvalue weighted by Crippen LogP contribution is -2.30. The SMILES string of the molecule is CCCCN1C(=O)c2ccc(-c3ccccc3)cc2C1=O. The molecule has 2 aromatic carbocycles. The summed E-state index contributed by atoms with van der Waals surface area (Å²) in [7, 11) is 0. The molecule has 0 atom stereocenters. The maximum Gasteiger partial charge on any atom is 0.261 e. The van der Waals surface area contributed by atoms with Crippen LogP contribution in [0.2, 0.25) is 0 Å². The van der Waals surface area contributed by atoms with Crippen LogP contribution in [0.1, 0.15) is 40.5 Å². The Morgan fingerprint density at radius 3 is 2.29 bits per heavy atom. The molecular weight excluding hydrogens is 262 g/mol. The molecule has 0 N–H and O–H groups in total. The van der Waals surface area contributed by atoms with Crippen LogP contribution in [-0.4, -0.2) is 23.3 Å². The van der Waals surface area contributed by atoms with Crippen molar-refractivity contribution in [1.29, 1.82) is 0 Å². The number of unbranched alkanes of at least 4 members (excludes halogenated alkanes) is 1. The molecule has 0 radical (unpaired) electrons. The molecule has 0 aliphatic carbocycles. The number of fused-ring (bicyclic) bond motifs is 1. The highest BCUT2D eigenvalue weighted by Crippen LogP contribution is 2.28. The van der Waals surface area contributed by atoms with Crippen molar-refractivity contribution < 1.29 is 9.59 Å². The number of imide groups is 1. The Hall–Kier alpha value is -2.42. The number of nitrogens with zero attached hydrogens (tertiary/aromatic N) is 1. The molecule has 106 valence electrons. The van der Waals surface area contributed by atoms with E-state index in [2.05, 4.69) is 0 Å². The van der Waals surface area contributed by atoms with Gasteiger partial charge in [-0.25, -0.2) is 0 Å². The molecule has 3 nitrogen and oxygen atoms in total. The molecular formula is C18H17NO2. The van der Waals surface area contributed by atoms with Crippen molar-refractivity contribution >= 4 is 11.8 Å². The van der Waals surface area contributed by atoms with E-state index in [-0.39, 0.29) is 11.8 Å². The molecule has 0 spiro atoms. The van der Waals surface area contributed by atoms with E-state index in [9.17, 15) is 9.59 Å². The summed E-state index contributed by atoms with van der Waals surface area (Å²) in [5, 5.41) is 0. The van der Waals surface area contributed by atoms with Crippen LogP contribution in [0.5, 0.6) is 0 Å². The number of amides is 2. The molecule has 0 unspecified atom stereocenters. The monoisotopic (exact) mass is 279 g/mol. The van der Waals surface area contributed by atoms with Crippen molar-refractivity contribution in [3.05, 3.63) is 59.7 Å². The van der Waals surface area contributed by atoms with E-state index in [0.717, 1.165) is 24.0 Å². The van der Waals surface area contributed by atoms with Crippen LogP contribution in [0.15, 0.2) is 48.5 Å². The zero-order valence-corrected chi connectivity index (χ0v) is 12.0. The van der Waals surface area contributed by atoms with E-state index in [1.165, 1.54) is 4.90 Å². The number of hydrogen-bond donors (Lipinski definition) is 0. The van der Waals surface area contributed by atoms with E-state index in [1.807, 2.05) is 49.4 Å². The van der Waals surface area contributed by atoms with Crippen molar-refractivity contribution in [2.75, 3.05) is 6.54 Å². The predicted octanol–water partition coefficient (Wildman–Crippen LogP) is 3.75. The zero-order valence-electron chi connectivity index (χ0n) is 12.0. The standard InChI is InChI=1S/C18H17NO2/c1-2-3-11-19-17(20)15-10-9-14(12-16(15)18(19)21)13-7-5-4-6-8-13/h4-10,12H,2-3,11H2,1H3. The summed E-state index contributed by atoms with van der Waals surface area (Å²) in [4.78, 5) is 26.0. The lowest BCUT2D eigenvalue weighted by Gasteiger charge is -2.12. The molecule has 0 bridgehead atoms. The molecule has 0 saturated heterocycles. The smallest absolute Gasteiger partial charge is 0.261 e. The summed E-state index contributed by atoms with van der Waals surface area (Å²) in [6.07, 6.45) is 1.81. The normalized spacial score (nSPS) is 13.7. The van der Waals surface area contributed by atoms with Gasteiger partial charge in [-0.3, -0.25) is 14.5 Å².